The largest absolute Gasteiger partial charge is 0.329 e. The van der Waals surface area contributed by atoms with Crippen molar-refractivity contribution in [2.24, 2.45) is 0 Å². The molecule has 0 bridgehead atoms. The fraction of sp³-hybridized carbons (Fsp3) is 0.200. The number of benzene rings is 1. The number of pyridine rings is 1. The average Bonchev–Trinajstić information content (AvgIpc) is 3.33. The molecule has 6 nitrogen and oxygen atoms in total. The van der Waals surface area contributed by atoms with Crippen LogP contribution in [0.25, 0.3) is 22.6 Å². The Bertz CT molecular complexity index is 1070. The summed E-state index contributed by atoms with van der Waals surface area (Å²) in [5, 5.41) is 10.9. The van der Waals surface area contributed by atoms with Crippen molar-refractivity contribution in [1.82, 2.24) is 29.9 Å². The SMILES string of the molecule is CCC(c1ccccc1F)n1cnc(-c2cc(-c3n[nH]nc3C)ccn2)c1. The van der Waals surface area contributed by atoms with Gasteiger partial charge < -0.3 is 4.57 Å². The van der Waals surface area contributed by atoms with E-state index >= 15 is 0 Å². The van der Waals surface area contributed by atoms with Gasteiger partial charge >= 0.3 is 0 Å². The van der Waals surface area contributed by atoms with Crippen molar-refractivity contribution < 1.29 is 4.39 Å². The van der Waals surface area contributed by atoms with Crippen LogP contribution < -0.4 is 0 Å². The Morgan fingerprint density at radius 1 is 1.11 bits per heavy atom. The minimum atomic E-state index is -0.207. The molecule has 4 aromatic rings. The van der Waals surface area contributed by atoms with Crippen LogP contribution in [0.1, 0.15) is 30.6 Å². The monoisotopic (exact) mass is 362 g/mol. The minimum Gasteiger partial charge on any atom is -0.329 e. The number of nitrogens with one attached hydrogen (secondary N) is 1. The first-order chi connectivity index (χ1) is 13.2. The molecular weight excluding hydrogens is 343 g/mol. The van der Waals surface area contributed by atoms with Crippen LogP contribution in [0, 0.1) is 12.7 Å². The molecule has 1 N–H and O–H groups in total. The van der Waals surface area contributed by atoms with Crippen LogP contribution >= 0.6 is 0 Å². The number of halogens is 1. The van der Waals surface area contributed by atoms with Crippen molar-refractivity contribution in [1.29, 1.82) is 0 Å². The third-order valence-corrected chi connectivity index (χ3v) is 4.63. The Morgan fingerprint density at radius 3 is 2.70 bits per heavy atom. The summed E-state index contributed by atoms with van der Waals surface area (Å²) in [7, 11) is 0. The van der Waals surface area contributed by atoms with Crippen molar-refractivity contribution in [3.63, 3.8) is 0 Å². The maximum absolute atomic E-state index is 14.2. The predicted octanol–water partition coefficient (Wildman–Crippen LogP) is 4.18. The average molecular weight is 362 g/mol. The molecule has 0 amide bonds. The van der Waals surface area contributed by atoms with Gasteiger partial charge in [0.05, 0.1) is 23.8 Å². The van der Waals surface area contributed by atoms with Gasteiger partial charge in [-0.15, -0.1) is 0 Å². The lowest BCUT2D eigenvalue weighted by Crippen LogP contribution is -2.09. The van der Waals surface area contributed by atoms with Gasteiger partial charge in [0.15, 0.2) is 0 Å². The molecule has 0 radical (unpaired) electrons. The summed E-state index contributed by atoms with van der Waals surface area (Å²) >= 11 is 0. The molecule has 1 unspecified atom stereocenters. The van der Waals surface area contributed by atoms with E-state index in [2.05, 4.69) is 25.4 Å². The zero-order valence-corrected chi connectivity index (χ0v) is 15.1. The molecule has 3 heterocycles. The standard InChI is InChI=1S/C20H19FN6/c1-3-19(15-6-4-5-7-16(15)21)27-11-18(23-12-27)17-10-14(8-9-22-17)20-13(2)24-26-25-20/h4-12,19H,3H2,1-2H3,(H,24,25,26). The van der Waals surface area contributed by atoms with E-state index in [9.17, 15) is 4.39 Å². The molecule has 136 valence electrons. The number of aryl methyl sites for hydroxylation is 1. The molecule has 0 aliphatic heterocycles. The lowest BCUT2D eigenvalue weighted by molar-refractivity contribution is 0.519. The second kappa shape index (κ2) is 7.11. The molecule has 3 aromatic heterocycles. The summed E-state index contributed by atoms with van der Waals surface area (Å²) in [5.74, 6) is -0.207. The molecule has 0 fully saturated rings. The summed E-state index contributed by atoms with van der Waals surface area (Å²) in [6, 6.07) is 10.6. The smallest absolute Gasteiger partial charge is 0.128 e. The topological polar surface area (TPSA) is 72.3 Å². The van der Waals surface area contributed by atoms with Crippen LogP contribution in [0.4, 0.5) is 4.39 Å². The van der Waals surface area contributed by atoms with Gasteiger partial charge in [-0.2, -0.15) is 15.4 Å². The van der Waals surface area contributed by atoms with Gasteiger partial charge in [-0.1, -0.05) is 25.1 Å². The molecule has 7 heteroatoms. The summed E-state index contributed by atoms with van der Waals surface area (Å²) in [6.07, 6.45) is 6.11. The summed E-state index contributed by atoms with van der Waals surface area (Å²) in [4.78, 5) is 8.92. The van der Waals surface area contributed by atoms with Crippen molar-refractivity contribution in [2.45, 2.75) is 26.3 Å². The number of aromatic nitrogens is 6. The predicted molar refractivity (Wildman–Crippen MR) is 100 cm³/mol. The van der Waals surface area contributed by atoms with Crippen molar-refractivity contribution in [2.75, 3.05) is 0 Å². The fourth-order valence-corrected chi connectivity index (χ4v) is 3.25. The Balaban J connectivity index is 1.69. The highest BCUT2D eigenvalue weighted by atomic mass is 19.1. The number of rotatable bonds is 5. The molecule has 27 heavy (non-hydrogen) atoms. The Morgan fingerprint density at radius 2 is 1.96 bits per heavy atom. The molecule has 1 atom stereocenters. The van der Waals surface area contributed by atoms with Crippen molar-refractivity contribution in [3.8, 4) is 22.6 Å². The second-order valence-electron chi connectivity index (χ2n) is 6.34. The minimum absolute atomic E-state index is 0.117. The normalized spacial score (nSPS) is 12.3. The third-order valence-electron chi connectivity index (χ3n) is 4.63. The zero-order chi connectivity index (χ0) is 18.8. The van der Waals surface area contributed by atoms with Crippen LogP contribution in [0.15, 0.2) is 55.1 Å². The van der Waals surface area contributed by atoms with E-state index in [1.54, 1.807) is 18.6 Å². The maximum atomic E-state index is 14.2. The first-order valence-corrected chi connectivity index (χ1v) is 8.79. The Kier molecular flexibility index (Phi) is 4.50. The van der Waals surface area contributed by atoms with E-state index in [0.717, 1.165) is 34.8 Å². The van der Waals surface area contributed by atoms with E-state index in [-0.39, 0.29) is 11.9 Å². The maximum Gasteiger partial charge on any atom is 0.128 e. The van der Waals surface area contributed by atoms with Gasteiger partial charge in [0.1, 0.15) is 17.2 Å². The van der Waals surface area contributed by atoms with E-state index in [1.807, 2.05) is 48.9 Å². The Labute approximate surface area is 156 Å². The van der Waals surface area contributed by atoms with Gasteiger partial charge in [0.2, 0.25) is 0 Å². The van der Waals surface area contributed by atoms with Crippen LogP contribution in [0.2, 0.25) is 0 Å². The summed E-state index contributed by atoms with van der Waals surface area (Å²) in [5.41, 5.74) is 4.65. The number of H-pyrrole nitrogens is 1. The highest BCUT2D eigenvalue weighted by Gasteiger charge is 2.17. The van der Waals surface area contributed by atoms with E-state index < -0.39 is 0 Å². The van der Waals surface area contributed by atoms with Crippen molar-refractivity contribution >= 4 is 0 Å². The molecule has 1 aromatic carbocycles. The van der Waals surface area contributed by atoms with Crippen LogP contribution in [-0.4, -0.2) is 29.9 Å². The van der Waals surface area contributed by atoms with Gasteiger partial charge in [-0.3, -0.25) is 4.98 Å². The fourth-order valence-electron chi connectivity index (χ4n) is 3.25. The van der Waals surface area contributed by atoms with Gasteiger partial charge in [0, 0.05) is 23.5 Å². The molecule has 0 spiro atoms. The van der Waals surface area contributed by atoms with Crippen molar-refractivity contribution in [3.05, 3.63) is 72.2 Å². The van der Waals surface area contributed by atoms with Gasteiger partial charge in [-0.05, 0) is 31.5 Å². The van der Waals surface area contributed by atoms with E-state index in [4.69, 9.17) is 0 Å². The Hall–Kier alpha value is -3.35. The molecule has 4 rings (SSSR count). The summed E-state index contributed by atoms with van der Waals surface area (Å²) < 4.78 is 16.2. The van der Waals surface area contributed by atoms with Crippen LogP contribution in [-0.2, 0) is 0 Å². The number of imidazole rings is 1. The molecule has 0 aliphatic rings. The van der Waals surface area contributed by atoms with Crippen LogP contribution in [0.3, 0.4) is 0 Å². The van der Waals surface area contributed by atoms with Gasteiger partial charge in [-0.25, -0.2) is 9.37 Å². The van der Waals surface area contributed by atoms with Gasteiger partial charge in [0.25, 0.3) is 0 Å². The highest BCUT2D eigenvalue weighted by Crippen LogP contribution is 2.28. The quantitative estimate of drug-likeness (QED) is 0.578. The third kappa shape index (κ3) is 3.23. The molecule has 0 aliphatic carbocycles. The second-order valence-corrected chi connectivity index (χ2v) is 6.34. The lowest BCUT2D eigenvalue weighted by Gasteiger charge is -2.17. The van der Waals surface area contributed by atoms with E-state index in [1.165, 1.54) is 6.07 Å². The van der Waals surface area contributed by atoms with Crippen LogP contribution in [0.5, 0.6) is 0 Å². The summed E-state index contributed by atoms with van der Waals surface area (Å²) in [6.45, 7) is 3.93. The van der Waals surface area contributed by atoms with E-state index in [0.29, 0.717) is 5.56 Å². The highest BCUT2D eigenvalue weighted by molar-refractivity contribution is 5.67. The number of hydrogen-bond donors (Lipinski definition) is 1. The molecule has 0 saturated carbocycles. The lowest BCUT2D eigenvalue weighted by atomic mass is 10.0. The number of aromatic amines is 1. The molecule has 0 saturated heterocycles. The number of nitrogens with zero attached hydrogens (tertiary/aromatic N) is 5. The zero-order valence-electron chi connectivity index (χ0n) is 15.1. The first-order valence-electron chi connectivity index (χ1n) is 8.79. The number of hydrogen-bond acceptors (Lipinski definition) is 4. The molecular formula is C20H19FN6. The first kappa shape index (κ1) is 17.1.